The van der Waals surface area contributed by atoms with Gasteiger partial charge in [-0.3, -0.25) is 0 Å². The van der Waals surface area contributed by atoms with Crippen molar-refractivity contribution >= 4 is 17.2 Å². The zero-order valence-electron chi connectivity index (χ0n) is 17.0. The second-order valence-electron chi connectivity index (χ2n) is 7.08. The van der Waals surface area contributed by atoms with Gasteiger partial charge in [-0.1, -0.05) is 31.9 Å². The SMILES string of the molecule is CCCCCOc1ccc(Nc2ccc(-c3ccc(N(C)C)cc3)cn2)cc1. The summed E-state index contributed by atoms with van der Waals surface area (Å²) >= 11 is 0. The van der Waals surface area contributed by atoms with Crippen molar-refractivity contribution < 1.29 is 4.74 Å². The highest BCUT2D eigenvalue weighted by Crippen LogP contribution is 2.24. The Balaban J connectivity index is 1.58. The van der Waals surface area contributed by atoms with Crippen molar-refractivity contribution in [2.75, 3.05) is 30.9 Å². The largest absolute Gasteiger partial charge is 0.494 e. The van der Waals surface area contributed by atoms with Gasteiger partial charge in [0.05, 0.1) is 6.61 Å². The van der Waals surface area contributed by atoms with Gasteiger partial charge in [0.25, 0.3) is 0 Å². The van der Waals surface area contributed by atoms with E-state index in [1.165, 1.54) is 18.5 Å². The first kappa shape index (κ1) is 19.7. The van der Waals surface area contributed by atoms with Gasteiger partial charge >= 0.3 is 0 Å². The molecule has 0 saturated heterocycles. The fourth-order valence-electron chi connectivity index (χ4n) is 2.92. The van der Waals surface area contributed by atoms with Crippen LogP contribution >= 0.6 is 0 Å². The van der Waals surface area contributed by atoms with Crippen molar-refractivity contribution in [1.82, 2.24) is 4.98 Å². The average Bonchev–Trinajstić information content (AvgIpc) is 2.73. The summed E-state index contributed by atoms with van der Waals surface area (Å²) in [5.41, 5.74) is 4.45. The topological polar surface area (TPSA) is 37.4 Å². The van der Waals surface area contributed by atoms with Crippen LogP contribution in [0, 0.1) is 0 Å². The van der Waals surface area contributed by atoms with E-state index in [4.69, 9.17) is 4.74 Å². The van der Waals surface area contributed by atoms with E-state index < -0.39 is 0 Å². The maximum atomic E-state index is 5.75. The maximum Gasteiger partial charge on any atom is 0.130 e. The third kappa shape index (κ3) is 5.49. The summed E-state index contributed by atoms with van der Waals surface area (Å²) in [4.78, 5) is 6.64. The molecule has 0 aliphatic carbocycles. The Labute approximate surface area is 168 Å². The van der Waals surface area contributed by atoms with Crippen LogP contribution < -0.4 is 15.0 Å². The lowest BCUT2D eigenvalue weighted by Crippen LogP contribution is -2.07. The van der Waals surface area contributed by atoms with E-state index in [2.05, 4.69) is 52.5 Å². The van der Waals surface area contributed by atoms with Crippen LogP contribution in [0.25, 0.3) is 11.1 Å². The summed E-state index contributed by atoms with van der Waals surface area (Å²) in [6.07, 6.45) is 5.42. The van der Waals surface area contributed by atoms with E-state index >= 15 is 0 Å². The fourth-order valence-corrected chi connectivity index (χ4v) is 2.92. The van der Waals surface area contributed by atoms with Gasteiger partial charge in [-0.05, 0) is 60.5 Å². The second-order valence-corrected chi connectivity index (χ2v) is 7.08. The van der Waals surface area contributed by atoms with Gasteiger partial charge in [0, 0.05) is 37.2 Å². The summed E-state index contributed by atoms with van der Waals surface area (Å²) in [7, 11) is 4.09. The van der Waals surface area contributed by atoms with E-state index in [1.54, 1.807) is 0 Å². The number of aromatic nitrogens is 1. The first-order valence-corrected chi connectivity index (χ1v) is 9.89. The Kier molecular flexibility index (Phi) is 6.90. The maximum absolute atomic E-state index is 5.75. The minimum absolute atomic E-state index is 0.777. The van der Waals surface area contributed by atoms with Crippen molar-refractivity contribution in [2.24, 2.45) is 0 Å². The smallest absolute Gasteiger partial charge is 0.130 e. The van der Waals surface area contributed by atoms with Gasteiger partial charge in [-0.2, -0.15) is 0 Å². The molecule has 1 N–H and O–H groups in total. The Morgan fingerprint density at radius 1 is 0.857 bits per heavy atom. The van der Waals surface area contributed by atoms with E-state index in [9.17, 15) is 0 Å². The van der Waals surface area contributed by atoms with Gasteiger partial charge in [0.15, 0.2) is 0 Å². The number of nitrogens with zero attached hydrogens (tertiary/aromatic N) is 2. The van der Waals surface area contributed by atoms with E-state index in [0.717, 1.165) is 41.4 Å². The predicted molar refractivity (Wildman–Crippen MR) is 119 cm³/mol. The minimum Gasteiger partial charge on any atom is -0.494 e. The Hall–Kier alpha value is -3.01. The molecular weight excluding hydrogens is 346 g/mol. The molecule has 0 radical (unpaired) electrons. The molecule has 1 aromatic heterocycles. The normalized spacial score (nSPS) is 10.5. The molecule has 3 aromatic rings. The fraction of sp³-hybridized carbons (Fsp3) is 0.292. The first-order chi connectivity index (χ1) is 13.7. The standard InChI is InChI=1S/C24H29N3O/c1-4-5-6-17-28-23-14-10-21(11-15-23)26-24-16-9-20(18-25-24)19-7-12-22(13-8-19)27(2)3/h7-16,18H,4-6,17H2,1-3H3,(H,25,26). The lowest BCUT2D eigenvalue weighted by atomic mass is 10.1. The van der Waals surface area contributed by atoms with Crippen molar-refractivity contribution in [3.05, 3.63) is 66.9 Å². The number of unbranched alkanes of at least 4 members (excludes halogenated alkanes) is 2. The zero-order chi connectivity index (χ0) is 19.8. The molecule has 28 heavy (non-hydrogen) atoms. The summed E-state index contributed by atoms with van der Waals surface area (Å²) in [6.45, 7) is 2.97. The number of hydrogen-bond donors (Lipinski definition) is 1. The minimum atomic E-state index is 0.777. The number of pyridine rings is 1. The monoisotopic (exact) mass is 375 g/mol. The van der Waals surface area contributed by atoms with Crippen LogP contribution in [0.1, 0.15) is 26.2 Å². The molecule has 0 saturated carbocycles. The van der Waals surface area contributed by atoms with Crippen molar-refractivity contribution in [1.29, 1.82) is 0 Å². The number of hydrogen-bond acceptors (Lipinski definition) is 4. The van der Waals surface area contributed by atoms with E-state index in [-0.39, 0.29) is 0 Å². The average molecular weight is 376 g/mol. The van der Waals surface area contributed by atoms with Crippen molar-refractivity contribution in [2.45, 2.75) is 26.2 Å². The number of rotatable bonds is 9. The number of anilines is 3. The molecule has 146 valence electrons. The molecular formula is C24H29N3O. The highest BCUT2D eigenvalue weighted by Gasteiger charge is 2.02. The zero-order valence-corrected chi connectivity index (χ0v) is 17.0. The molecule has 0 unspecified atom stereocenters. The molecule has 0 bridgehead atoms. The van der Waals surface area contributed by atoms with E-state index in [0.29, 0.717) is 0 Å². The molecule has 0 aliphatic rings. The third-order valence-corrected chi connectivity index (χ3v) is 4.62. The van der Waals surface area contributed by atoms with Crippen LogP contribution in [0.15, 0.2) is 66.9 Å². The number of ether oxygens (including phenoxy) is 1. The Bertz CT molecular complexity index is 841. The molecule has 4 heteroatoms. The van der Waals surface area contributed by atoms with Crippen molar-refractivity contribution in [3.63, 3.8) is 0 Å². The Morgan fingerprint density at radius 2 is 1.57 bits per heavy atom. The first-order valence-electron chi connectivity index (χ1n) is 9.89. The van der Waals surface area contributed by atoms with Crippen molar-refractivity contribution in [3.8, 4) is 16.9 Å². The van der Waals surface area contributed by atoms with Gasteiger partial charge in [-0.15, -0.1) is 0 Å². The number of nitrogens with one attached hydrogen (secondary N) is 1. The second kappa shape index (κ2) is 9.79. The van der Waals surface area contributed by atoms with E-state index in [1.807, 2.05) is 50.6 Å². The van der Waals surface area contributed by atoms with Crippen LogP contribution in [0.4, 0.5) is 17.2 Å². The highest BCUT2D eigenvalue weighted by atomic mass is 16.5. The summed E-state index contributed by atoms with van der Waals surface area (Å²) in [5.74, 6) is 1.73. The lowest BCUT2D eigenvalue weighted by molar-refractivity contribution is 0.306. The number of benzene rings is 2. The quantitative estimate of drug-likeness (QED) is 0.457. The van der Waals surface area contributed by atoms with Crippen LogP contribution in [0.3, 0.4) is 0 Å². The lowest BCUT2D eigenvalue weighted by Gasteiger charge is -2.13. The molecule has 0 amide bonds. The van der Waals surface area contributed by atoms with Gasteiger partial charge in [0.1, 0.15) is 11.6 Å². The van der Waals surface area contributed by atoms with Gasteiger partial charge in [-0.25, -0.2) is 4.98 Å². The summed E-state index contributed by atoms with van der Waals surface area (Å²) in [5, 5.41) is 3.34. The molecule has 0 aliphatic heterocycles. The van der Waals surface area contributed by atoms with Gasteiger partial charge in [0.2, 0.25) is 0 Å². The Morgan fingerprint density at radius 3 is 2.18 bits per heavy atom. The van der Waals surface area contributed by atoms with Crippen LogP contribution in [-0.4, -0.2) is 25.7 Å². The van der Waals surface area contributed by atoms with Crippen LogP contribution in [0.5, 0.6) is 5.75 Å². The summed E-state index contributed by atoms with van der Waals surface area (Å²) in [6, 6.07) is 20.6. The summed E-state index contributed by atoms with van der Waals surface area (Å²) < 4.78 is 5.75. The molecule has 3 rings (SSSR count). The van der Waals surface area contributed by atoms with Gasteiger partial charge < -0.3 is 15.0 Å². The molecule has 4 nitrogen and oxygen atoms in total. The van der Waals surface area contributed by atoms with Crippen LogP contribution in [0.2, 0.25) is 0 Å². The highest BCUT2D eigenvalue weighted by molar-refractivity contribution is 5.67. The predicted octanol–water partition coefficient (Wildman–Crippen LogP) is 6.13. The van der Waals surface area contributed by atoms with Crippen LogP contribution in [-0.2, 0) is 0 Å². The molecule has 0 fully saturated rings. The molecule has 1 heterocycles. The third-order valence-electron chi connectivity index (χ3n) is 4.62. The molecule has 0 spiro atoms. The molecule has 2 aromatic carbocycles. The molecule has 0 atom stereocenters.